The van der Waals surface area contributed by atoms with Crippen molar-refractivity contribution in [2.75, 3.05) is 27.3 Å². The van der Waals surface area contributed by atoms with Crippen LogP contribution in [0.5, 0.6) is 11.5 Å². The van der Waals surface area contributed by atoms with E-state index < -0.39 is 5.41 Å². The van der Waals surface area contributed by atoms with Crippen molar-refractivity contribution in [1.82, 2.24) is 15.2 Å². The van der Waals surface area contributed by atoms with E-state index in [4.69, 9.17) is 9.47 Å². The first-order valence-corrected chi connectivity index (χ1v) is 11.0. The first-order valence-electron chi connectivity index (χ1n) is 11.0. The Morgan fingerprint density at radius 1 is 1.23 bits per heavy atom. The zero-order valence-electron chi connectivity index (χ0n) is 19.4. The normalized spacial score (nSPS) is 18.3. The SMILES string of the molecule is COc1ccc(OC)c(CN2CCC[C@H]([C@@H](NC(=O)C(C)(C)C)c3ccccn3)C2)c1. The molecule has 0 unspecified atom stereocenters. The Kier molecular flexibility index (Phi) is 7.55. The van der Waals surface area contributed by atoms with Crippen LogP contribution >= 0.6 is 0 Å². The molecule has 0 spiro atoms. The van der Waals surface area contributed by atoms with Gasteiger partial charge in [0.05, 0.1) is 26.0 Å². The zero-order valence-corrected chi connectivity index (χ0v) is 19.4. The van der Waals surface area contributed by atoms with Crippen molar-refractivity contribution < 1.29 is 14.3 Å². The van der Waals surface area contributed by atoms with E-state index >= 15 is 0 Å². The molecule has 168 valence electrons. The number of carbonyl (C=O) groups excluding carboxylic acids is 1. The number of nitrogens with zero attached hydrogens (tertiary/aromatic N) is 2. The molecule has 31 heavy (non-hydrogen) atoms. The van der Waals surface area contributed by atoms with Crippen LogP contribution in [-0.2, 0) is 11.3 Å². The summed E-state index contributed by atoms with van der Waals surface area (Å²) in [5.41, 5.74) is 1.58. The number of rotatable bonds is 7. The number of nitrogens with one attached hydrogen (secondary N) is 1. The highest BCUT2D eigenvalue weighted by atomic mass is 16.5. The molecule has 1 amide bonds. The second-order valence-electron chi connectivity index (χ2n) is 9.27. The molecule has 1 aliphatic rings. The van der Waals surface area contributed by atoms with Gasteiger partial charge in [-0.1, -0.05) is 26.8 Å². The lowest BCUT2D eigenvalue weighted by molar-refractivity contribution is -0.130. The molecule has 1 N–H and O–H groups in total. The van der Waals surface area contributed by atoms with E-state index in [-0.39, 0.29) is 17.9 Å². The van der Waals surface area contributed by atoms with Crippen LogP contribution in [0.2, 0.25) is 0 Å². The van der Waals surface area contributed by atoms with E-state index in [0.29, 0.717) is 0 Å². The molecule has 0 saturated carbocycles. The highest BCUT2D eigenvalue weighted by molar-refractivity contribution is 5.81. The van der Waals surface area contributed by atoms with Gasteiger partial charge in [0.15, 0.2) is 0 Å². The first kappa shape index (κ1) is 23.1. The van der Waals surface area contributed by atoms with Crippen LogP contribution in [0.15, 0.2) is 42.6 Å². The van der Waals surface area contributed by atoms with Crippen molar-refractivity contribution in [2.24, 2.45) is 11.3 Å². The van der Waals surface area contributed by atoms with Gasteiger partial charge in [-0.3, -0.25) is 14.7 Å². The lowest BCUT2D eigenvalue weighted by Crippen LogP contribution is -2.45. The summed E-state index contributed by atoms with van der Waals surface area (Å²) in [7, 11) is 3.38. The number of likely N-dealkylation sites (tertiary alicyclic amines) is 1. The van der Waals surface area contributed by atoms with E-state index in [2.05, 4.69) is 15.2 Å². The second-order valence-corrected chi connectivity index (χ2v) is 9.27. The molecule has 2 atom stereocenters. The van der Waals surface area contributed by atoms with Gasteiger partial charge in [-0.05, 0) is 55.6 Å². The highest BCUT2D eigenvalue weighted by Gasteiger charge is 2.33. The number of piperidine rings is 1. The minimum absolute atomic E-state index is 0.0507. The summed E-state index contributed by atoms with van der Waals surface area (Å²) in [5, 5.41) is 3.30. The summed E-state index contributed by atoms with van der Waals surface area (Å²) in [4.78, 5) is 19.8. The fourth-order valence-electron chi connectivity index (χ4n) is 4.10. The van der Waals surface area contributed by atoms with Crippen molar-refractivity contribution in [2.45, 2.75) is 46.2 Å². The van der Waals surface area contributed by atoms with Gasteiger partial charge in [-0.15, -0.1) is 0 Å². The molecule has 1 aromatic heterocycles. The zero-order chi connectivity index (χ0) is 22.4. The van der Waals surface area contributed by atoms with Crippen LogP contribution < -0.4 is 14.8 Å². The van der Waals surface area contributed by atoms with E-state index in [9.17, 15) is 4.79 Å². The predicted octanol–water partition coefficient (Wildman–Crippen LogP) is 4.21. The first-order chi connectivity index (χ1) is 14.8. The molecule has 1 aliphatic heterocycles. The molecular formula is C25H35N3O3. The van der Waals surface area contributed by atoms with Crippen LogP contribution in [0.3, 0.4) is 0 Å². The molecule has 0 aliphatic carbocycles. The molecule has 2 aromatic rings. The molecule has 6 heteroatoms. The maximum absolute atomic E-state index is 12.8. The largest absolute Gasteiger partial charge is 0.497 e. The highest BCUT2D eigenvalue weighted by Crippen LogP contribution is 2.32. The fourth-order valence-corrected chi connectivity index (χ4v) is 4.10. The van der Waals surface area contributed by atoms with Gasteiger partial charge in [0.2, 0.25) is 5.91 Å². The summed E-state index contributed by atoms with van der Waals surface area (Å²) in [6.45, 7) is 8.50. The van der Waals surface area contributed by atoms with Crippen molar-refractivity contribution in [3.05, 3.63) is 53.9 Å². The summed E-state index contributed by atoms with van der Waals surface area (Å²) >= 11 is 0. The van der Waals surface area contributed by atoms with E-state index in [1.54, 1.807) is 20.4 Å². The van der Waals surface area contributed by atoms with Crippen molar-refractivity contribution in [3.8, 4) is 11.5 Å². The minimum Gasteiger partial charge on any atom is -0.497 e. The van der Waals surface area contributed by atoms with Gasteiger partial charge in [-0.2, -0.15) is 0 Å². The van der Waals surface area contributed by atoms with E-state index in [0.717, 1.165) is 55.2 Å². The molecule has 2 heterocycles. The molecule has 3 rings (SSSR count). The van der Waals surface area contributed by atoms with Crippen molar-refractivity contribution in [3.63, 3.8) is 0 Å². The Balaban J connectivity index is 1.80. The Labute approximate surface area is 186 Å². The third-order valence-corrected chi connectivity index (χ3v) is 5.87. The summed E-state index contributed by atoms with van der Waals surface area (Å²) in [5.74, 6) is 2.03. The van der Waals surface area contributed by atoms with Crippen molar-refractivity contribution in [1.29, 1.82) is 0 Å². The number of methoxy groups -OCH3 is 2. The average Bonchev–Trinajstić information content (AvgIpc) is 2.77. The average molecular weight is 426 g/mol. The maximum Gasteiger partial charge on any atom is 0.225 e. The van der Waals surface area contributed by atoms with Crippen LogP contribution in [0.4, 0.5) is 0 Å². The second kappa shape index (κ2) is 10.1. The number of amides is 1. The van der Waals surface area contributed by atoms with Crippen LogP contribution in [0.1, 0.15) is 50.9 Å². The monoisotopic (exact) mass is 425 g/mol. The Morgan fingerprint density at radius 2 is 2.03 bits per heavy atom. The van der Waals surface area contributed by atoms with Gasteiger partial charge in [0.1, 0.15) is 11.5 Å². The summed E-state index contributed by atoms with van der Waals surface area (Å²) in [6, 6.07) is 11.7. The smallest absolute Gasteiger partial charge is 0.225 e. The van der Waals surface area contributed by atoms with Gasteiger partial charge in [0, 0.05) is 30.3 Å². The van der Waals surface area contributed by atoms with Gasteiger partial charge in [-0.25, -0.2) is 0 Å². The lowest BCUT2D eigenvalue weighted by Gasteiger charge is -2.38. The molecular weight excluding hydrogens is 390 g/mol. The van der Waals surface area contributed by atoms with Crippen molar-refractivity contribution >= 4 is 5.91 Å². The molecule has 1 fully saturated rings. The van der Waals surface area contributed by atoms with Gasteiger partial charge in [0.25, 0.3) is 0 Å². The standard InChI is InChI=1S/C25H35N3O3/c1-25(2,3)24(29)27-23(21-10-6-7-13-26-21)18-9-8-14-28(16-18)17-19-15-20(30-4)11-12-22(19)31-5/h6-7,10-13,15,18,23H,8-9,14,16-17H2,1-5H3,(H,27,29)/t18-,23+/m0/s1. The molecule has 0 radical (unpaired) electrons. The number of ether oxygens (including phenoxy) is 2. The number of hydrogen-bond donors (Lipinski definition) is 1. The van der Waals surface area contributed by atoms with Crippen LogP contribution in [-0.4, -0.2) is 43.1 Å². The van der Waals surface area contributed by atoms with Crippen LogP contribution in [0.25, 0.3) is 0 Å². The maximum atomic E-state index is 12.8. The molecule has 1 saturated heterocycles. The molecule has 0 bridgehead atoms. The lowest BCUT2D eigenvalue weighted by atomic mass is 9.86. The third-order valence-electron chi connectivity index (χ3n) is 5.87. The fraction of sp³-hybridized carbons (Fsp3) is 0.520. The quantitative estimate of drug-likeness (QED) is 0.720. The Bertz CT molecular complexity index is 864. The Morgan fingerprint density at radius 3 is 2.68 bits per heavy atom. The summed E-state index contributed by atoms with van der Waals surface area (Å²) in [6.07, 6.45) is 3.93. The van der Waals surface area contributed by atoms with Gasteiger partial charge < -0.3 is 14.8 Å². The van der Waals surface area contributed by atoms with E-state index in [1.165, 1.54) is 0 Å². The number of aromatic nitrogens is 1. The molecule has 6 nitrogen and oxygen atoms in total. The molecule has 1 aromatic carbocycles. The topological polar surface area (TPSA) is 63.7 Å². The predicted molar refractivity (Wildman–Crippen MR) is 122 cm³/mol. The number of carbonyl (C=O) groups is 1. The number of benzene rings is 1. The Hall–Kier alpha value is -2.60. The summed E-state index contributed by atoms with van der Waals surface area (Å²) < 4.78 is 11.0. The number of hydrogen-bond acceptors (Lipinski definition) is 5. The van der Waals surface area contributed by atoms with Crippen LogP contribution in [0, 0.1) is 11.3 Å². The van der Waals surface area contributed by atoms with Gasteiger partial charge >= 0.3 is 0 Å². The van der Waals surface area contributed by atoms with E-state index in [1.807, 2.05) is 57.2 Å². The minimum atomic E-state index is -0.449. The number of pyridine rings is 1. The third kappa shape index (κ3) is 5.97.